The van der Waals surface area contributed by atoms with E-state index in [9.17, 15) is 32.7 Å². The van der Waals surface area contributed by atoms with E-state index in [0.717, 1.165) is 25.7 Å². The fourth-order valence-corrected chi connectivity index (χ4v) is 3.74. The number of nitrogens with zero attached hydrogens (tertiary/aromatic N) is 1. The minimum atomic E-state index is -5.08. The molecule has 0 spiro atoms. The molecule has 224 valence electrons. The van der Waals surface area contributed by atoms with Crippen molar-refractivity contribution in [3.63, 3.8) is 0 Å². The van der Waals surface area contributed by atoms with Crippen molar-refractivity contribution in [2.24, 2.45) is 0 Å². The van der Waals surface area contributed by atoms with Crippen LogP contribution < -0.4 is 19.5 Å². The van der Waals surface area contributed by atoms with Crippen LogP contribution in [0.15, 0.2) is 36.5 Å². The van der Waals surface area contributed by atoms with Crippen LogP contribution in [0, 0.1) is 0 Å². The second-order valence-electron chi connectivity index (χ2n) is 9.59. The summed E-state index contributed by atoms with van der Waals surface area (Å²) in [6, 6.07) is 8.06. The van der Waals surface area contributed by atoms with Gasteiger partial charge in [-0.3, -0.25) is 9.59 Å². The average molecular weight is 585 g/mol. The molecule has 0 aliphatic heterocycles. The summed E-state index contributed by atoms with van der Waals surface area (Å²) in [5.41, 5.74) is -1.04. The fraction of sp³-hybridized carbons (Fsp3) is 0.444. The highest BCUT2D eigenvalue weighted by molar-refractivity contribution is 6.10. The third-order valence-corrected chi connectivity index (χ3v) is 5.92. The van der Waals surface area contributed by atoms with Crippen LogP contribution in [-0.2, 0) is 14.4 Å². The number of halogens is 3. The Morgan fingerprint density at radius 1 is 0.976 bits per heavy atom. The fourth-order valence-electron chi connectivity index (χ4n) is 3.74. The molecular weight excluding hydrogens is 553 g/mol. The molecule has 1 heterocycles. The molecule has 1 amide bonds. The molecule has 1 fully saturated rings. The Kier molecular flexibility index (Phi) is 11.1. The third kappa shape index (κ3) is 9.96. The van der Waals surface area contributed by atoms with E-state index in [2.05, 4.69) is 10.3 Å². The summed E-state index contributed by atoms with van der Waals surface area (Å²) in [5.74, 6) is -3.36. The van der Waals surface area contributed by atoms with Gasteiger partial charge in [0.1, 0.15) is 17.6 Å². The van der Waals surface area contributed by atoms with Crippen LogP contribution in [0.25, 0.3) is 0 Å². The van der Waals surface area contributed by atoms with Crippen molar-refractivity contribution in [2.45, 2.75) is 70.4 Å². The molecule has 3 N–H and O–H groups in total. The van der Waals surface area contributed by atoms with E-state index in [1.807, 2.05) is 0 Å². The molecule has 2 aromatic rings. The number of ether oxygens (including phenoxy) is 3. The second-order valence-corrected chi connectivity index (χ2v) is 9.59. The summed E-state index contributed by atoms with van der Waals surface area (Å²) >= 11 is 0. The number of rotatable bonds is 9. The Hall–Kier alpha value is -4.36. The van der Waals surface area contributed by atoms with Crippen LogP contribution in [0.3, 0.4) is 0 Å². The minimum absolute atomic E-state index is 0.00102. The number of ketones is 1. The Labute approximate surface area is 233 Å². The maximum absolute atomic E-state index is 13.2. The summed E-state index contributed by atoms with van der Waals surface area (Å²) in [5, 5.41) is 19.5. The zero-order valence-corrected chi connectivity index (χ0v) is 22.8. The molecule has 0 bridgehead atoms. The van der Waals surface area contributed by atoms with E-state index in [0.29, 0.717) is 17.2 Å². The van der Waals surface area contributed by atoms with Crippen molar-refractivity contribution in [3.8, 4) is 17.4 Å². The molecular formula is C27H31F3N2O9. The molecule has 1 aromatic carbocycles. The van der Waals surface area contributed by atoms with E-state index in [1.165, 1.54) is 46.2 Å². The van der Waals surface area contributed by atoms with Gasteiger partial charge in [0.25, 0.3) is 0 Å². The number of carbonyl (C=O) groups is 4. The van der Waals surface area contributed by atoms with Crippen LogP contribution in [-0.4, -0.2) is 69.9 Å². The van der Waals surface area contributed by atoms with Gasteiger partial charge >= 0.3 is 18.1 Å². The predicted molar refractivity (Wildman–Crippen MR) is 137 cm³/mol. The van der Waals surface area contributed by atoms with Crippen LogP contribution in [0.2, 0.25) is 0 Å². The van der Waals surface area contributed by atoms with Crippen molar-refractivity contribution in [3.05, 3.63) is 47.7 Å². The number of hydrogen-bond acceptors (Lipinski definition) is 8. The van der Waals surface area contributed by atoms with Crippen LogP contribution >= 0.6 is 0 Å². The van der Waals surface area contributed by atoms with E-state index < -0.39 is 23.7 Å². The lowest BCUT2D eigenvalue weighted by Crippen LogP contribution is -2.38. The minimum Gasteiger partial charge on any atom is -0.497 e. The molecule has 41 heavy (non-hydrogen) atoms. The molecule has 11 nitrogen and oxygen atoms in total. The van der Waals surface area contributed by atoms with Crippen molar-refractivity contribution in [1.82, 2.24) is 10.3 Å². The molecule has 14 heteroatoms. The largest absolute Gasteiger partial charge is 0.497 e. The van der Waals surface area contributed by atoms with E-state index >= 15 is 0 Å². The van der Waals surface area contributed by atoms with Gasteiger partial charge < -0.3 is 29.7 Å². The lowest BCUT2D eigenvalue weighted by molar-refractivity contribution is -0.192. The molecule has 1 aromatic heterocycles. The molecule has 0 unspecified atom stereocenters. The van der Waals surface area contributed by atoms with Gasteiger partial charge in [0.05, 0.1) is 12.7 Å². The van der Waals surface area contributed by atoms with E-state index in [1.54, 1.807) is 18.2 Å². The molecule has 0 radical (unpaired) electrons. The first-order chi connectivity index (χ1) is 19.0. The van der Waals surface area contributed by atoms with Crippen molar-refractivity contribution in [2.75, 3.05) is 7.11 Å². The maximum Gasteiger partial charge on any atom is 0.490 e. The first-order valence-electron chi connectivity index (χ1n) is 12.4. The predicted octanol–water partition coefficient (Wildman–Crippen LogP) is 4.02. The smallest absolute Gasteiger partial charge is 0.490 e. The number of alkyl halides is 3. The lowest BCUT2D eigenvalue weighted by Gasteiger charge is -2.28. The van der Waals surface area contributed by atoms with Crippen molar-refractivity contribution >= 4 is 23.6 Å². The maximum atomic E-state index is 13.2. The number of carboxylic acids is 2. The zero-order chi connectivity index (χ0) is 31.0. The molecule has 1 aliphatic rings. The highest BCUT2D eigenvalue weighted by atomic mass is 19.4. The zero-order valence-electron chi connectivity index (χ0n) is 22.8. The van der Waals surface area contributed by atoms with Gasteiger partial charge in [-0.1, -0.05) is 0 Å². The standard InChI is InChI=1S/C25H30N2O7.C2HF3O2/c1-15(28)27-17-6-8-18(9-7-17)33-22-12-5-16(14-26-22)23(29)20-11-10-19(32-4)13-21(20)34-25(2,3)24(30)31;3-2(4,5)1(6)7/h5,10-14,17-18H,6-9H2,1-4H3,(H,27,28)(H,30,31);(H,6,7). The molecule has 1 saturated carbocycles. The topological polar surface area (TPSA) is 161 Å². The number of hydrogen-bond donors (Lipinski definition) is 3. The monoisotopic (exact) mass is 584 g/mol. The lowest BCUT2D eigenvalue weighted by atomic mass is 9.93. The van der Waals surface area contributed by atoms with E-state index in [-0.39, 0.29) is 35.1 Å². The number of amides is 1. The van der Waals surface area contributed by atoms with Gasteiger partial charge in [-0.15, -0.1) is 0 Å². The highest BCUT2D eigenvalue weighted by Crippen LogP contribution is 2.31. The number of benzene rings is 1. The first-order valence-corrected chi connectivity index (χ1v) is 12.4. The summed E-state index contributed by atoms with van der Waals surface area (Å²) in [7, 11) is 1.47. The number of nitrogens with one attached hydrogen (secondary N) is 1. The molecule has 3 rings (SSSR count). The molecule has 1 aliphatic carbocycles. The Morgan fingerprint density at radius 2 is 1.59 bits per heavy atom. The quantitative estimate of drug-likeness (QED) is 0.367. The number of aliphatic carboxylic acids is 2. The van der Waals surface area contributed by atoms with Crippen LogP contribution in [0.4, 0.5) is 13.2 Å². The summed E-state index contributed by atoms with van der Waals surface area (Å²) < 4.78 is 48.5. The first kappa shape index (κ1) is 32.8. The van der Waals surface area contributed by atoms with Crippen molar-refractivity contribution < 1.29 is 56.8 Å². The van der Waals surface area contributed by atoms with Gasteiger partial charge in [0.15, 0.2) is 11.4 Å². The SMILES string of the molecule is COc1ccc(C(=O)c2ccc(OC3CCC(NC(C)=O)CC3)nc2)c(OC(C)(C)C(=O)O)c1.O=C(O)C(F)(F)F. The Morgan fingerprint density at radius 3 is 2.05 bits per heavy atom. The Balaban J connectivity index is 0.000000745. The number of carbonyl (C=O) groups excluding carboxylic acids is 2. The van der Waals surface area contributed by atoms with Crippen LogP contribution in [0.5, 0.6) is 17.4 Å². The van der Waals surface area contributed by atoms with E-state index in [4.69, 9.17) is 24.1 Å². The second kappa shape index (κ2) is 13.8. The Bertz CT molecular complexity index is 1240. The molecule has 0 atom stereocenters. The van der Waals surface area contributed by atoms with Gasteiger partial charge in [-0.25, -0.2) is 14.6 Å². The van der Waals surface area contributed by atoms with Crippen molar-refractivity contribution in [1.29, 1.82) is 0 Å². The summed E-state index contributed by atoms with van der Waals surface area (Å²) in [6.07, 6.45) is -0.365. The third-order valence-electron chi connectivity index (χ3n) is 5.92. The van der Waals surface area contributed by atoms with Gasteiger partial charge in [0.2, 0.25) is 11.8 Å². The average Bonchev–Trinajstić information content (AvgIpc) is 2.89. The normalized spacial score (nSPS) is 16.9. The van der Waals surface area contributed by atoms with Gasteiger partial charge in [0, 0.05) is 36.9 Å². The number of methoxy groups -OCH3 is 1. The molecule has 0 saturated heterocycles. The van der Waals surface area contributed by atoms with Crippen LogP contribution in [0.1, 0.15) is 62.4 Å². The number of pyridine rings is 1. The van der Waals surface area contributed by atoms with Gasteiger partial charge in [-0.2, -0.15) is 13.2 Å². The highest BCUT2D eigenvalue weighted by Gasteiger charge is 2.38. The van der Waals surface area contributed by atoms with Gasteiger partial charge in [-0.05, 0) is 57.7 Å². The summed E-state index contributed by atoms with van der Waals surface area (Å²) in [6.45, 7) is 4.32. The summed E-state index contributed by atoms with van der Waals surface area (Å²) in [4.78, 5) is 49.1. The number of carboxylic acid groups (broad SMARTS) is 2. The number of aromatic nitrogens is 1.